The second kappa shape index (κ2) is 7.14. The molecule has 1 aromatic carbocycles. The van der Waals surface area contributed by atoms with Crippen molar-refractivity contribution < 1.29 is 0 Å². The molecule has 0 fully saturated rings. The van der Waals surface area contributed by atoms with Crippen molar-refractivity contribution in [1.82, 2.24) is 10.7 Å². The van der Waals surface area contributed by atoms with Gasteiger partial charge < -0.3 is 5.32 Å². The molecule has 1 atom stereocenters. The normalized spacial score (nSPS) is 18.8. The highest BCUT2D eigenvalue weighted by molar-refractivity contribution is 5.79. The maximum absolute atomic E-state index is 5.55. The van der Waals surface area contributed by atoms with E-state index in [9.17, 15) is 0 Å². The number of hydrazine groups is 1. The molecule has 4 nitrogen and oxygen atoms in total. The second-order valence-corrected chi connectivity index (χ2v) is 5.02. The highest BCUT2D eigenvalue weighted by atomic mass is 15.3. The standard InChI is InChI=1S/C15H24N4/c1-2-3-11-17-15(19-16)18-14-10-6-8-12-7-4-5-9-13(12)14/h4-5,7,9,14H,2-3,6,8,10-11,16H2,1H3,(H2,17,18,19). The molecule has 0 saturated heterocycles. The predicted molar refractivity (Wildman–Crippen MR) is 79.8 cm³/mol. The number of nitrogens with zero attached hydrogens (tertiary/aromatic N) is 1. The topological polar surface area (TPSA) is 62.4 Å². The summed E-state index contributed by atoms with van der Waals surface area (Å²) < 4.78 is 0. The zero-order chi connectivity index (χ0) is 13.5. The SMILES string of the molecule is CCCCN=C(NN)NC1CCCc2ccccc21. The molecule has 1 aliphatic carbocycles. The number of aryl methyl sites for hydroxylation is 1. The third-order valence-corrected chi connectivity index (χ3v) is 3.60. The minimum Gasteiger partial charge on any atom is -0.349 e. The van der Waals surface area contributed by atoms with Crippen LogP contribution in [-0.4, -0.2) is 12.5 Å². The first-order chi connectivity index (χ1) is 9.35. The molecule has 4 heteroatoms. The molecule has 0 spiro atoms. The third-order valence-electron chi connectivity index (χ3n) is 3.60. The molecular formula is C15H24N4. The van der Waals surface area contributed by atoms with E-state index >= 15 is 0 Å². The number of hydrogen-bond acceptors (Lipinski definition) is 2. The van der Waals surface area contributed by atoms with Gasteiger partial charge in [-0.2, -0.15) is 0 Å². The molecule has 0 saturated carbocycles. The Balaban J connectivity index is 2.04. The Morgan fingerprint density at radius 1 is 1.42 bits per heavy atom. The van der Waals surface area contributed by atoms with Gasteiger partial charge in [-0.25, -0.2) is 5.84 Å². The quantitative estimate of drug-likeness (QED) is 0.256. The molecule has 4 N–H and O–H groups in total. The van der Waals surface area contributed by atoms with Gasteiger partial charge in [0.15, 0.2) is 0 Å². The van der Waals surface area contributed by atoms with E-state index in [0.717, 1.165) is 25.8 Å². The molecule has 1 aromatic rings. The fourth-order valence-corrected chi connectivity index (χ4v) is 2.55. The van der Waals surface area contributed by atoms with Crippen LogP contribution in [0.3, 0.4) is 0 Å². The van der Waals surface area contributed by atoms with Crippen LogP contribution in [0.5, 0.6) is 0 Å². The number of hydrogen-bond donors (Lipinski definition) is 3. The molecule has 0 amide bonds. The second-order valence-electron chi connectivity index (χ2n) is 5.02. The van der Waals surface area contributed by atoms with Gasteiger partial charge in [0.1, 0.15) is 0 Å². The number of fused-ring (bicyclic) bond motifs is 1. The van der Waals surface area contributed by atoms with E-state index in [0.29, 0.717) is 12.0 Å². The molecule has 0 aliphatic heterocycles. The molecule has 19 heavy (non-hydrogen) atoms. The van der Waals surface area contributed by atoms with Gasteiger partial charge in [-0.05, 0) is 36.8 Å². The summed E-state index contributed by atoms with van der Waals surface area (Å²) >= 11 is 0. The summed E-state index contributed by atoms with van der Waals surface area (Å²) in [4.78, 5) is 4.47. The largest absolute Gasteiger partial charge is 0.349 e. The predicted octanol–water partition coefficient (Wildman–Crippen LogP) is 2.27. The summed E-state index contributed by atoms with van der Waals surface area (Å²) in [5.41, 5.74) is 5.50. The molecule has 0 radical (unpaired) electrons. The number of guanidine groups is 1. The lowest BCUT2D eigenvalue weighted by Crippen LogP contribution is -2.44. The average molecular weight is 260 g/mol. The summed E-state index contributed by atoms with van der Waals surface area (Å²) in [5, 5.41) is 3.43. The molecule has 2 rings (SSSR count). The first kappa shape index (κ1) is 13.9. The molecular weight excluding hydrogens is 236 g/mol. The smallest absolute Gasteiger partial charge is 0.206 e. The van der Waals surface area contributed by atoms with Crippen LogP contribution in [0.4, 0.5) is 0 Å². The van der Waals surface area contributed by atoms with Crippen LogP contribution >= 0.6 is 0 Å². The van der Waals surface area contributed by atoms with Crippen molar-refractivity contribution in [2.24, 2.45) is 10.8 Å². The zero-order valence-electron chi connectivity index (χ0n) is 11.7. The molecule has 0 aromatic heterocycles. The lowest BCUT2D eigenvalue weighted by molar-refractivity contribution is 0.519. The summed E-state index contributed by atoms with van der Waals surface area (Å²) in [6.45, 7) is 2.98. The molecule has 1 aliphatic rings. The highest BCUT2D eigenvalue weighted by Crippen LogP contribution is 2.29. The van der Waals surface area contributed by atoms with Gasteiger partial charge in [0.25, 0.3) is 0 Å². The van der Waals surface area contributed by atoms with Crippen LogP contribution in [0.15, 0.2) is 29.3 Å². The monoisotopic (exact) mass is 260 g/mol. The Kier molecular flexibility index (Phi) is 5.21. The maximum Gasteiger partial charge on any atom is 0.206 e. The van der Waals surface area contributed by atoms with Crippen LogP contribution in [0.1, 0.15) is 49.8 Å². The van der Waals surface area contributed by atoms with Crippen LogP contribution < -0.4 is 16.6 Å². The van der Waals surface area contributed by atoms with Gasteiger partial charge in [-0.3, -0.25) is 10.4 Å². The molecule has 1 unspecified atom stereocenters. The van der Waals surface area contributed by atoms with Crippen LogP contribution in [0.2, 0.25) is 0 Å². The zero-order valence-corrected chi connectivity index (χ0v) is 11.7. The summed E-state index contributed by atoms with van der Waals surface area (Å²) in [5.74, 6) is 6.25. The van der Waals surface area contributed by atoms with Crippen LogP contribution in [-0.2, 0) is 6.42 Å². The Morgan fingerprint density at radius 3 is 3.05 bits per heavy atom. The van der Waals surface area contributed by atoms with Crippen molar-refractivity contribution in [1.29, 1.82) is 0 Å². The van der Waals surface area contributed by atoms with Gasteiger partial charge in [0, 0.05) is 6.54 Å². The van der Waals surface area contributed by atoms with Crippen molar-refractivity contribution in [3.63, 3.8) is 0 Å². The van der Waals surface area contributed by atoms with Crippen LogP contribution in [0.25, 0.3) is 0 Å². The number of aliphatic imine (C=N–C) groups is 1. The third kappa shape index (κ3) is 3.70. The lowest BCUT2D eigenvalue weighted by Gasteiger charge is -2.27. The van der Waals surface area contributed by atoms with E-state index < -0.39 is 0 Å². The summed E-state index contributed by atoms with van der Waals surface area (Å²) in [6.07, 6.45) is 5.75. The number of nitrogens with one attached hydrogen (secondary N) is 2. The Labute approximate surface area is 115 Å². The Morgan fingerprint density at radius 2 is 2.26 bits per heavy atom. The van der Waals surface area contributed by atoms with E-state index in [-0.39, 0.29) is 0 Å². The van der Waals surface area contributed by atoms with E-state index in [2.05, 4.69) is 46.9 Å². The molecule has 0 bridgehead atoms. The van der Waals surface area contributed by atoms with Gasteiger partial charge >= 0.3 is 0 Å². The minimum atomic E-state index is 0.321. The van der Waals surface area contributed by atoms with E-state index in [4.69, 9.17) is 5.84 Å². The first-order valence-corrected chi connectivity index (χ1v) is 7.20. The van der Waals surface area contributed by atoms with Gasteiger partial charge in [0.05, 0.1) is 6.04 Å². The van der Waals surface area contributed by atoms with Crippen molar-refractivity contribution in [3.8, 4) is 0 Å². The van der Waals surface area contributed by atoms with E-state index in [1.165, 1.54) is 24.0 Å². The molecule has 0 heterocycles. The Hall–Kier alpha value is -1.55. The van der Waals surface area contributed by atoms with E-state index in [1.54, 1.807) is 0 Å². The lowest BCUT2D eigenvalue weighted by atomic mass is 9.88. The fourth-order valence-electron chi connectivity index (χ4n) is 2.55. The van der Waals surface area contributed by atoms with Crippen LogP contribution in [0, 0.1) is 0 Å². The first-order valence-electron chi connectivity index (χ1n) is 7.20. The number of unbranched alkanes of at least 4 members (excludes halogenated alkanes) is 1. The van der Waals surface area contributed by atoms with Gasteiger partial charge in [-0.15, -0.1) is 0 Å². The fraction of sp³-hybridized carbons (Fsp3) is 0.533. The maximum atomic E-state index is 5.55. The van der Waals surface area contributed by atoms with Gasteiger partial charge in [-0.1, -0.05) is 37.6 Å². The summed E-state index contributed by atoms with van der Waals surface area (Å²) in [7, 11) is 0. The average Bonchev–Trinajstić information content (AvgIpc) is 2.46. The van der Waals surface area contributed by atoms with Crippen molar-refractivity contribution in [2.75, 3.05) is 6.54 Å². The Bertz CT molecular complexity index is 428. The van der Waals surface area contributed by atoms with E-state index in [1.807, 2.05) is 0 Å². The highest BCUT2D eigenvalue weighted by Gasteiger charge is 2.20. The molecule has 104 valence electrons. The summed E-state index contributed by atoms with van der Waals surface area (Å²) in [6, 6.07) is 8.95. The van der Waals surface area contributed by atoms with Crippen molar-refractivity contribution in [2.45, 2.75) is 45.1 Å². The minimum absolute atomic E-state index is 0.321. The number of rotatable bonds is 4. The van der Waals surface area contributed by atoms with Gasteiger partial charge in [0.2, 0.25) is 5.96 Å². The number of nitrogens with two attached hydrogens (primary N) is 1. The van der Waals surface area contributed by atoms with Crippen molar-refractivity contribution >= 4 is 5.96 Å². The van der Waals surface area contributed by atoms with Crippen molar-refractivity contribution in [3.05, 3.63) is 35.4 Å². The number of benzene rings is 1.